The zero-order chi connectivity index (χ0) is 25.4. The summed E-state index contributed by atoms with van der Waals surface area (Å²) in [5.41, 5.74) is 12.8. The largest absolute Gasteiger partial charge is 0.457 e. The van der Waals surface area contributed by atoms with E-state index in [1.165, 1.54) is 55.6 Å². The molecule has 0 saturated heterocycles. The molecular weight excluding hydrogens is 448 g/mol. The maximum atomic E-state index is 6.29. The highest BCUT2D eigenvalue weighted by Crippen LogP contribution is 2.50. The number of fused-ring (bicyclic) bond motifs is 5. The van der Waals surface area contributed by atoms with Crippen LogP contribution < -0.4 is 4.74 Å². The Kier molecular flexibility index (Phi) is 4.60. The summed E-state index contributed by atoms with van der Waals surface area (Å²) in [5.74, 6) is 1.90. The van der Waals surface area contributed by atoms with E-state index in [9.17, 15) is 0 Å². The van der Waals surface area contributed by atoms with Gasteiger partial charge in [0.2, 0.25) is 0 Å². The van der Waals surface area contributed by atoms with Gasteiger partial charge in [0.15, 0.2) is 0 Å². The zero-order valence-electron chi connectivity index (χ0n) is 21.8. The second-order valence-corrected chi connectivity index (χ2v) is 11.4. The molecule has 0 saturated carbocycles. The minimum atomic E-state index is -0.127. The van der Waals surface area contributed by atoms with Gasteiger partial charge in [-0.3, -0.25) is 0 Å². The fourth-order valence-corrected chi connectivity index (χ4v) is 6.38. The van der Waals surface area contributed by atoms with Crippen LogP contribution in [0.5, 0.6) is 11.5 Å². The monoisotopic (exact) mass is 478 g/mol. The van der Waals surface area contributed by atoms with E-state index in [-0.39, 0.29) is 10.8 Å². The smallest absolute Gasteiger partial charge is 0.131 e. The summed E-state index contributed by atoms with van der Waals surface area (Å²) in [7, 11) is 0. The second-order valence-electron chi connectivity index (χ2n) is 11.4. The van der Waals surface area contributed by atoms with Gasteiger partial charge < -0.3 is 4.74 Å². The number of hydrogen-bond donors (Lipinski definition) is 0. The zero-order valence-corrected chi connectivity index (χ0v) is 21.8. The van der Waals surface area contributed by atoms with Crippen LogP contribution in [-0.4, -0.2) is 0 Å². The SMILES string of the molecule is CC1(C)c2ccccc2Oc2ccc(-c3cccc(-c4ccc5c(c4)C(C)(C)c4ccccc4-5)c3)cc21. The van der Waals surface area contributed by atoms with Crippen LogP contribution in [0.1, 0.15) is 49.9 Å². The number of para-hydroxylation sites is 1. The molecule has 7 rings (SSSR count). The highest BCUT2D eigenvalue weighted by atomic mass is 16.5. The van der Waals surface area contributed by atoms with Crippen molar-refractivity contribution in [2.24, 2.45) is 0 Å². The molecule has 1 aliphatic heterocycles. The van der Waals surface area contributed by atoms with Crippen molar-refractivity contribution in [2.75, 3.05) is 0 Å². The maximum Gasteiger partial charge on any atom is 0.131 e. The first-order chi connectivity index (χ1) is 17.8. The molecule has 0 fully saturated rings. The van der Waals surface area contributed by atoms with Gasteiger partial charge in [-0.2, -0.15) is 0 Å². The average Bonchev–Trinajstić information content (AvgIpc) is 3.15. The van der Waals surface area contributed by atoms with Crippen LogP contribution in [-0.2, 0) is 10.8 Å². The predicted molar refractivity (Wildman–Crippen MR) is 154 cm³/mol. The molecule has 37 heavy (non-hydrogen) atoms. The Morgan fingerprint density at radius 3 is 1.73 bits per heavy atom. The number of benzene rings is 5. The van der Waals surface area contributed by atoms with Crippen LogP contribution in [0.4, 0.5) is 0 Å². The molecular formula is C36H30O. The molecule has 5 aromatic rings. The summed E-state index contributed by atoms with van der Waals surface area (Å²) in [4.78, 5) is 0. The third-order valence-corrected chi connectivity index (χ3v) is 8.55. The summed E-state index contributed by atoms with van der Waals surface area (Å²) in [5, 5.41) is 0. The standard InChI is InChI=1S/C36H30O/c1-35(2)29-13-6-5-12-27(29)28-18-16-25(21-31(28)35)23-10-9-11-24(20-23)26-17-19-34-32(22-26)36(3,4)30-14-7-8-15-33(30)37-34/h5-22H,1-4H3. The third-order valence-electron chi connectivity index (χ3n) is 8.55. The molecule has 1 aliphatic carbocycles. The quantitative estimate of drug-likeness (QED) is 0.245. The molecule has 0 amide bonds. The average molecular weight is 479 g/mol. The predicted octanol–water partition coefficient (Wildman–Crippen LogP) is 9.76. The van der Waals surface area contributed by atoms with E-state index in [0.29, 0.717) is 0 Å². The van der Waals surface area contributed by atoms with Crippen molar-refractivity contribution in [2.45, 2.75) is 38.5 Å². The molecule has 2 aliphatic rings. The van der Waals surface area contributed by atoms with Crippen molar-refractivity contribution in [3.8, 4) is 44.9 Å². The highest BCUT2D eigenvalue weighted by molar-refractivity contribution is 5.84. The van der Waals surface area contributed by atoms with Crippen molar-refractivity contribution in [3.05, 3.63) is 131 Å². The summed E-state index contributed by atoms with van der Waals surface area (Å²) in [6.07, 6.45) is 0. The molecule has 0 unspecified atom stereocenters. The molecule has 5 aromatic carbocycles. The number of rotatable bonds is 2. The van der Waals surface area contributed by atoms with E-state index in [1.54, 1.807) is 0 Å². The van der Waals surface area contributed by atoms with Crippen LogP contribution in [0.3, 0.4) is 0 Å². The van der Waals surface area contributed by atoms with Crippen LogP contribution in [0.2, 0.25) is 0 Å². The molecule has 1 heteroatoms. The van der Waals surface area contributed by atoms with Crippen molar-refractivity contribution >= 4 is 0 Å². The van der Waals surface area contributed by atoms with E-state index >= 15 is 0 Å². The van der Waals surface area contributed by atoms with Gasteiger partial charge in [-0.25, -0.2) is 0 Å². The lowest BCUT2D eigenvalue weighted by molar-refractivity contribution is 0.418. The summed E-state index contributed by atoms with van der Waals surface area (Å²) >= 11 is 0. The topological polar surface area (TPSA) is 9.23 Å². The Labute approximate surface area is 219 Å². The van der Waals surface area contributed by atoms with Gasteiger partial charge in [0, 0.05) is 22.0 Å². The molecule has 0 atom stereocenters. The lowest BCUT2D eigenvalue weighted by Crippen LogP contribution is -2.24. The van der Waals surface area contributed by atoms with Gasteiger partial charge in [-0.05, 0) is 74.8 Å². The fourth-order valence-electron chi connectivity index (χ4n) is 6.38. The summed E-state index contributed by atoms with van der Waals surface area (Å²) < 4.78 is 6.29. The lowest BCUT2D eigenvalue weighted by Gasteiger charge is -2.34. The Morgan fingerprint density at radius 1 is 0.405 bits per heavy atom. The first-order valence-electron chi connectivity index (χ1n) is 13.1. The lowest BCUT2D eigenvalue weighted by atomic mass is 9.75. The Bertz CT molecular complexity index is 1700. The van der Waals surface area contributed by atoms with Gasteiger partial charge in [0.1, 0.15) is 11.5 Å². The third kappa shape index (κ3) is 3.23. The first-order valence-corrected chi connectivity index (χ1v) is 13.1. The van der Waals surface area contributed by atoms with Gasteiger partial charge in [0.25, 0.3) is 0 Å². The molecule has 180 valence electrons. The highest BCUT2D eigenvalue weighted by Gasteiger charge is 2.36. The normalized spacial score (nSPS) is 15.7. The van der Waals surface area contributed by atoms with Crippen molar-refractivity contribution in [1.82, 2.24) is 0 Å². The Hall–Kier alpha value is -4.10. The van der Waals surface area contributed by atoms with Crippen LogP contribution >= 0.6 is 0 Å². The van der Waals surface area contributed by atoms with Crippen molar-refractivity contribution in [3.63, 3.8) is 0 Å². The molecule has 1 heterocycles. The summed E-state index contributed by atoms with van der Waals surface area (Å²) in [6.45, 7) is 9.26. The second kappa shape index (κ2) is 7.70. The number of ether oxygens (including phenoxy) is 1. The van der Waals surface area contributed by atoms with Gasteiger partial charge in [0.05, 0.1) is 0 Å². The molecule has 0 spiro atoms. The van der Waals surface area contributed by atoms with E-state index in [4.69, 9.17) is 4.74 Å². The van der Waals surface area contributed by atoms with E-state index in [1.807, 2.05) is 6.07 Å². The molecule has 0 N–H and O–H groups in total. The van der Waals surface area contributed by atoms with E-state index in [2.05, 4.69) is 131 Å². The van der Waals surface area contributed by atoms with E-state index < -0.39 is 0 Å². The molecule has 0 bridgehead atoms. The minimum Gasteiger partial charge on any atom is -0.457 e. The Morgan fingerprint density at radius 2 is 0.946 bits per heavy atom. The molecule has 0 aromatic heterocycles. The fraction of sp³-hybridized carbons (Fsp3) is 0.167. The van der Waals surface area contributed by atoms with Gasteiger partial charge in [-0.15, -0.1) is 0 Å². The van der Waals surface area contributed by atoms with Crippen LogP contribution in [0.25, 0.3) is 33.4 Å². The van der Waals surface area contributed by atoms with Crippen LogP contribution in [0, 0.1) is 0 Å². The van der Waals surface area contributed by atoms with Gasteiger partial charge in [-0.1, -0.05) is 107 Å². The minimum absolute atomic E-state index is 0.0000849. The van der Waals surface area contributed by atoms with Crippen molar-refractivity contribution < 1.29 is 4.74 Å². The summed E-state index contributed by atoms with van der Waals surface area (Å²) in [6, 6.07) is 39.7. The number of hydrogen-bond acceptors (Lipinski definition) is 1. The Balaban J connectivity index is 1.29. The van der Waals surface area contributed by atoms with Crippen molar-refractivity contribution in [1.29, 1.82) is 0 Å². The van der Waals surface area contributed by atoms with Crippen LogP contribution in [0.15, 0.2) is 109 Å². The molecule has 0 radical (unpaired) electrons. The molecule has 1 nitrogen and oxygen atoms in total. The maximum absolute atomic E-state index is 6.29. The van der Waals surface area contributed by atoms with E-state index in [0.717, 1.165) is 11.5 Å². The first kappa shape index (κ1) is 22.1. The van der Waals surface area contributed by atoms with Gasteiger partial charge >= 0.3 is 0 Å².